The number of rotatable bonds is 3. The Bertz CT molecular complexity index is 785. The van der Waals surface area contributed by atoms with E-state index in [1.165, 1.54) is 0 Å². The van der Waals surface area contributed by atoms with Gasteiger partial charge in [0.05, 0.1) is 0 Å². The molecule has 0 aliphatic rings. The van der Waals surface area contributed by atoms with E-state index in [-0.39, 0.29) is 6.04 Å². The second kappa shape index (κ2) is 5.66. The third kappa shape index (κ3) is 2.81. The zero-order valence-corrected chi connectivity index (χ0v) is 12.4. The Labute approximate surface area is 129 Å². The van der Waals surface area contributed by atoms with Gasteiger partial charge in [0.2, 0.25) is 0 Å². The van der Waals surface area contributed by atoms with Crippen LogP contribution in [0.2, 0.25) is 5.02 Å². The molecular formula is C18H16ClNO. The molecule has 0 heterocycles. The highest BCUT2D eigenvalue weighted by atomic mass is 35.5. The number of phenols is 1. The minimum atomic E-state index is 0.122. The highest BCUT2D eigenvalue weighted by Gasteiger charge is 2.09. The van der Waals surface area contributed by atoms with Gasteiger partial charge in [-0.3, -0.25) is 0 Å². The first kappa shape index (κ1) is 13.8. The second-order valence-corrected chi connectivity index (χ2v) is 5.54. The van der Waals surface area contributed by atoms with Crippen LogP contribution in [-0.4, -0.2) is 5.11 Å². The van der Waals surface area contributed by atoms with Crippen molar-refractivity contribution in [3.8, 4) is 5.75 Å². The molecule has 3 heteroatoms. The Kier molecular flexibility index (Phi) is 3.72. The van der Waals surface area contributed by atoms with Gasteiger partial charge in [-0.15, -0.1) is 0 Å². The Balaban J connectivity index is 1.97. The molecule has 0 saturated heterocycles. The summed E-state index contributed by atoms with van der Waals surface area (Å²) < 4.78 is 0. The second-order valence-electron chi connectivity index (χ2n) is 5.10. The summed E-state index contributed by atoms with van der Waals surface area (Å²) in [5.74, 6) is 0.298. The number of aromatic hydroxyl groups is 1. The first-order valence-electron chi connectivity index (χ1n) is 6.88. The number of halogens is 1. The lowest BCUT2D eigenvalue weighted by Crippen LogP contribution is -2.06. The molecule has 0 amide bonds. The molecule has 21 heavy (non-hydrogen) atoms. The van der Waals surface area contributed by atoms with Crippen LogP contribution in [0.5, 0.6) is 5.75 Å². The van der Waals surface area contributed by atoms with Crippen molar-refractivity contribution >= 4 is 28.1 Å². The molecule has 0 saturated carbocycles. The van der Waals surface area contributed by atoms with Gasteiger partial charge < -0.3 is 10.4 Å². The van der Waals surface area contributed by atoms with Crippen molar-refractivity contribution in [3.05, 3.63) is 71.2 Å². The van der Waals surface area contributed by atoms with Crippen molar-refractivity contribution in [3.63, 3.8) is 0 Å². The van der Waals surface area contributed by atoms with E-state index in [0.29, 0.717) is 5.75 Å². The maximum atomic E-state index is 9.94. The van der Waals surface area contributed by atoms with Gasteiger partial charge in [-0.25, -0.2) is 0 Å². The number of hydrogen-bond donors (Lipinski definition) is 2. The summed E-state index contributed by atoms with van der Waals surface area (Å²) in [6.45, 7) is 2.09. The van der Waals surface area contributed by atoms with Crippen molar-refractivity contribution < 1.29 is 5.11 Å². The summed E-state index contributed by atoms with van der Waals surface area (Å²) in [6, 6.07) is 19.4. The average Bonchev–Trinajstić information content (AvgIpc) is 2.48. The molecule has 1 unspecified atom stereocenters. The summed E-state index contributed by atoms with van der Waals surface area (Å²) in [4.78, 5) is 0. The van der Waals surface area contributed by atoms with Gasteiger partial charge in [0.15, 0.2) is 0 Å². The summed E-state index contributed by atoms with van der Waals surface area (Å²) in [7, 11) is 0. The molecule has 0 aliphatic heterocycles. The van der Waals surface area contributed by atoms with Crippen molar-refractivity contribution in [2.45, 2.75) is 13.0 Å². The van der Waals surface area contributed by atoms with Crippen LogP contribution < -0.4 is 5.32 Å². The largest absolute Gasteiger partial charge is 0.507 e. The third-order valence-corrected chi connectivity index (χ3v) is 3.85. The van der Waals surface area contributed by atoms with E-state index in [2.05, 4.69) is 12.2 Å². The first-order valence-corrected chi connectivity index (χ1v) is 7.25. The highest BCUT2D eigenvalue weighted by molar-refractivity contribution is 6.30. The summed E-state index contributed by atoms with van der Waals surface area (Å²) >= 11 is 6.05. The third-order valence-electron chi connectivity index (χ3n) is 3.62. The van der Waals surface area contributed by atoms with Gasteiger partial charge in [0.25, 0.3) is 0 Å². The van der Waals surface area contributed by atoms with Crippen LogP contribution in [0.3, 0.4) is 0 Å². The number of fused-ring (bicyclic) bond motifs is 1. The summed E-state index contributed by atoms with van der Waals surface area (Å²) in [5, 5.41) is 16.0. The minimum absolute atomic E-state index is 0.122. The number of phenolic OH excluding ortho intramolecular Hbond substituents is 1. The maximum absolute atomic E-state index is 9.94. The Morgan fingerprint density at radius 3 is 2.48 bits per heavy atom. The summed E-state index contributed by atoms with van der Waals surface area (Å²) in [5.41, 5.74) is 2.12. The molecule has 0 fully saturated rings. The Morgan fingerprint density at radius 2 is 1.67 bits per heavy atom. The van der Waals surface area contributed by atoms with Crippen LogP contribution in [0.1, 0.15) is 18.5 Å². The molecule has 0 radical (unpaired) electrons. The highest BCUT2D eigenvalue weighted by Crippen LogP contribution is 2.32. The van der Waals surface area contributed by atoms with Crippen LogP contribution in [0, 0.1) is 0 Å². The van der Waals surface area contributed by atoms with Crippen molar-refractivity contribution in [1.29, 1.82) is 0 Å². The molecular weight excluding hydrogens is 282 g/mol. The SMILES string of the molecule is CC(Nc1cccc2c(O)cccc12)c1cccc(Cl)c1. The van der Waals surface area contributed by atoms with Crippen LogP contribution in [0.4, 0.5) is 5.69 Å². The standard InChI is InChI=1S/C18H16ClNO/c1-12(13-5-2-6-14(19)11-13)20-17-9-3-8-16-15(17)7-4-10-18(16)21/h2-12,20-21H,1H3. The fourth-order valence-electron chi connectivity index (χ4n) is 2.51. The fraction of sp³-hybridized carbons (Fsp3) is 0.111. The van der Waals surface area contributed by atoms with Gasteiger partial charge in [-0.1, -0.05) is 48.0 Å². The van der Waals surface area contributed by atoms with Crippen molar-refractivity contribution in [2.24, 2.45) is 0 Å². The Morgan fingerprint density at radius 1 is 0.952 bits per heavy atom. The normalized spacial score (nSPS) is 12.3. The number of nitrogens with one attached hydrogen (secondary N) is 1. The molecule has 0 bridgehead atoms. The van der Waals surface area contributed by atoms with Crippen molar-refractivity contribution in [2.75, 3.05) is 5.32 Å². The molecule has 2 N–H and O–H groups in total. The van der Waals surface area contributed by atoms with E-state index >= 15 is 0 Å². The molecule has 3 aromatic carbocycles. The van der Waals surface area contributed by atoms with E-state index in [0.717, 1.165) is 27.0 Å². The molecule has 106 valence electrons. The van der Waals surface area contributed by atoms with E-state index in [1.54, 1.807) is 6.07 Å². The fourth-order valence-corrected chi connectivity index (χ4v) is 2.71. The Hall–Kier alpha value is -2.19. The lowest BCUT2D eigenvalue weighted by molar-refractivity contribution is 0.481. The average molecular weight is 298 g/mol. The number of anilines is 1. The first-order chi connectivity index (χ1) is 10.1. The van der Waals surface area contributed by atoms with Crippen LogP contribution in [0.15, 0.2) is 60.7 Å². The van der Waals surface area contributed by atoms with Gasteiger partial charge in [0.1, 0.15) is 5.75 Å². The topological polar surface area (TPSA) is 32.3 Å². The van der Waals surface area contributed by atoms with Crippen molar-refractivity contribution in [1.82, 2.24) is 0 Å². The lowest BCUT2D eigenvalue weighted by atomic mass is 10.1. The van der Waals surface area contributed by atoms with Gasteiger partial charge in [-0.05, 0) is 36.8 Å². The molecule has 1 atom stereocenters. The molecule has 3 rings (SSSR count). The van der Waals surface area contributed by atoms with Crippen LogP contribution in [0.25, 0.3) is 10.8 Å². The zero-order chi connectivity index (χ0) is 14.8. The smallest absolute Gasteiger partial charge is 0.123 e. The van der Waals surface area contributed by atoms with E-state index in [4.69, 9.17) is 11.6 Å². The van der Waals surface area contributed by atoms with E-state index < -0.39 is 0 Å². The predicted molar refractivity (Wildman–Crippen MR) is 89.1 cm³/mol. The van der Waals surface area contributed by atoms with E-state index in [9.17, 15) is 5.11 Å². The molecule has 2 nitrogen and oxygen atoms in total. The molecule has 0 aromatic heterocycles. The van der Waals surface area contributed by atoms with Crippen LogP contribution in [-0.2, 0) is 0 Å². The monoisotopic (exact) mass is 297 g/mol. The van der Waals surface area contributed by atoms with Gasteiger partial charge >= 0.3 is 0 Å². The number of hydrogen-bond acceptors (Lipinski definition) is 2. The molecule has 0 spiro atoms. The molecule has 3 aromatic rings. The van der Waals surface area contributed by atoms with Gasteiger partial charge in [0, 0.05) is 27.5 Å². The molecule has 0 aliphatic carbocycles. The predicted octanol–water partition coefficient (Wildman–Crippen LogP) is 5.37. The van der Waals surface area contributed by atoms with Gasteiger partial charge in [-0.2, -0.15) is 0 Å². The minimum Gasteiger partial charge on any atom is -0.507 e. The van der Waals surface area contributed by atoms with Crippen LogP contribution >= 0.6 is 11.6 Å². The van der Waals surface area contributed by atoms with E-state index in [1.807, 2.05) is 54.6 Å². The lowest BCUT2D eigenvalue weighted by Gasteiger charge is -2.18. The summed E-state index contributed by atoms with van der Waals surface area (Å²) in [6.07, 6.45) is 0. The maximum Gasteiger partial charge on any atom is 0.123 e. The zero-order valence-electron chi connectivity index (χ0n) is 11.7. The quantitative estimate of drug-likeness (QED) is 0.681. The number of benzene rings is 3.